The first-order valence-electron chi connectivity index (χ1n) is 5.11. The average Bonchev–Trinajstić information content (AvgIpc) is 2.27. The van der Waals surface area contributed by atoms with Crippen molar-refractivity contribution in [2.45, 2.75) is 6.92 Å². The molecule has 0 spiro atoms. The van der Waals surface area contributed by atoms with Gasteiger partial charge in [-0.1, -0.05) is 18.1 Å². The highest BCUT2D eigenvalue weighted by Gasteiger charge is 2.22. The summed E-state index contributed by atoms with van der Waals surface area (Å²) in [5, 5.41) is 19.8. The maximum Gasteiger partial charge on any atom is 0.323 e. The van der Waals surface area contributed by atoms with Gasteiger partial charge in [-0.15, -0.1) is 6.42 Å². The molecule has 0 aromatic heterocycles. The van der Waals surface area contributed by atoms with E-state index in [4.69, 9.17) is 11.5 Å². The molecule has 0 saturated heterocycles. The van der Waals surface area contributed by atoms with Crippen molar-refractivity contribution in [1.82, 2.24) is 0 Å². The molecular weight excluding hydrogens is 236 g/mol. The summed E-state index contributed by atoms with van der Waals surface area (Å²) < 4.78 is 0. The second-order valence-corrected chi connectivity index (χ2v) is 3.65. The van der Waals surface area contributed by atoms with Crippen LogP contribution in [0.25, 0.3) is 0 Å². The Bertz CT molecular complexity index is 519. The van der Waals surface area contributed by atoms with Crippen LogP contribution in [0.1, 0.15) is 5.56 Å². The first-order valence-corrected chi connectivity index (χ1v) is 5.11. The molecular formula is C12H12N2O4. The molecule has 0 amide bonds. The van der Waals surface area contributed by atoms with Gasteiger partial charge in [-0.2, -0.15) is 0 Å². The average molecular weight is 248 g/mol. The monoisotopic (exact) mass is 248 g/mol. The number of aryl methyl sites for hydroxylation is 1. The molecule has 0 aliphatic heterocycles. The maximum atomic E-state index is 11.0. The van der Waals surface area contributed by atoms with Crippen LogP contribution in [-0.4, -0.2) is 29.1 Å². The Morgan fingerprint density at radius 1 is 1.61 bits per heavy atom. The van der Waals surface area contributed by atoms with Gasteiger partial charge < -0.3 is 10.0 Å². The summed E-state index contributed by atoms with van der Waals surface area (Å²) in [6.45, 7) is 1.21. The normalized spacial score (nSPS) is 9.56. The molecule has 0 unspecified atom stereocenters. The number of para-hydroxylation sites is 1. The van der Waals surface area contributed by atoms with Gasteiger partial charge in [0.2, 0.25) is 0 Å². The molecule has 0 radical (unpaired) electrons. The minimum Gasteiger partial charge on any atom is -0.480 e. The van der Waals surface area contributed by atoms with E-state index in [1.807, 2.05) is 0 Å². The maximum absolute atomic E-state index is 11.0. The summed E-state index contributed by atoms with van der Waals surface area (Å²) >= 11 is 0. The Hall–Kier alpha value is -2.55. The molecule has 0 aliphatic rings. The number of aliphatic carboxylic acids is 1. The SMILES string of the molecule is C#CCN(CC(=O)O)c1cccc(C)c1[N+](=O)[O-]. The number of carboxylic acids is 1. The lowest BCUT2D eigenvalue weighted by atomic mass is 10.1. The van der Waals surface area contributed by atoms with Crippen LogP contribution in [0.4, 0.5) is 11.4 Å². The summed E-state index contributed by atoms with van der Waals surface area (Å²) in [6, 6.07) is 4.71. The first-order chi connectivity index (χ1) is 8.47. The first kappa shape index (κ1) is 13.5. The number of nitrogens with zero attached hydrogens (tertiary/aromatic N) is 2. The third-order valence-electron chi connectivity index (χ3n) is 2.35. The number of rotatable bonds is 5. The van der Waals surface area contributed by atoms with Crippen molar-refractivity contribution in [3.8, 4) is 12.3 Å². The highest BCUT2D eigenvalue weighted by Crippen LogP contribution is 2.30. The van der Waals surface area contributed by atoms with Gasteiger partial charge in [0.15, 0.2) is 0 Å². The highest BCUT2D eigenvalue weighted by atomic mass is 16.6. The zero-order valence-corrected chi connectivity index (χ0v) is 9.79. The lowest BCUT2D eigenvalue weighted by Crippen LogP contribution is -2.30. The van der Waals surface area contributed by atoms with Gasteiger partial charge in [-0.05, 0) is 13.0 Å². The van der Waals surface area contributed by atoms with Crippen molar-refractivity contribution in [2.24, 2.45) is 0 Å². The minimum atomic E-state index is -1.10. The van der Waals surface area contributed by atoms with E-state index in [0.29, 0.717) is 5.56 Å². The second-order valence-electron chi connectivity index (χ2n) is 3.65. The van der Waals surface area contributed by atoms with Crippen LogP contribution in [0.15, 0.2) is 18.2 Å². The van der Waals surface area contributed by atoms with E-state index in [2.05, 4.69) is 5.92 Å². The molecule has 94 valence electrons. The van der Waals surface area contributed by atoms with E-state index in [9.17, 15) is 14.9 Å². The number of carbonyl (C=O) groups is 1. The van der Waals surface area contributed by atoms with Crippen molar-refractivity contribution in [3.63, 3.8) is 0 Å². The van der Waals surface area contributed by atoms with Crippen LogP contribution in [-0.2, 0) is 4.79 Å². The van der Waals surface area contributed by atoms with Gasteiger partial charge in [-0.3, -0.25) is 14.9 Å². The van der Waals surface area contributed by atoms with Gasteiger partial charge in [0.1, 0.15) is 12.2 Å². The van der Waals surface area contributed by atoms with Crippen LogP contribution < -0.4 is 4.90 Å². The molecule has 0 fully saturated rings. The summed E-state index contributed by atoms with van der Waals surface area (Å²) in [6.07, 6.45) is 5.15. The summed E-state index contributed by atoms with van der Waals surface area (Å²) in [4.78, 5) is 22.5. The quantitative estimate of drug-likeness (QED) is 0.484. The standard InChI is InChI=1S/C12H12N2O4/c1-3-7-13(8-11(15)16)10-6-4-5-9(2)12(10)14(17)18/h1,4-6H,7-8H2,2H3,(H,15,16). The van der Waals surface area contributed by atoms with E-state index >= 15 is 0 Å². The number of carboxylic acid groups (broad SMARTS) is 1. The zero-order valence-electron chi connectivity index (χ0n) is 9.79. The number of terminal acetylenes is 1. The van der Waals surface area contributed by atoms with Gasteiger partial charge >= 0.3 is 5.97 Å². The molecule has 0 heterocycles. The molecule has 6 nitrogen and oxygen atoms in total. The van der Waals surface area contributed by atoms with E-state index in [1.165, 1.54) is 11.0 Å². The van der Waals surface area contributed by atoms with Gasteiger partial charge in [-0.25, -0.2) is 0 Å². The number of hydrogen-bond donors (Lipinski definition) is 1. The van der Waals surface area contributed by atoms with E-state index in [-0.39, 0.29) is 24.5 Å². The highest BCUT2D eigenvalue weighted by molar-refractivity contribution is 5.77. The Morgan fingerprint density at radius 2 is 2.28 bits per heavy atom. The van der Waals surface area contributed by atoms with Crippen LogP contribution in [0.5, 0.6) is 0 Å². The van der Waals surface area contributed by atoms with Crippen LogP contribution in [0.3, 0.4) is 0 Å². The number of hydrogen-bond acceptors (Lipinski definition) is 4. The molecule has 1 N–H and O–H groups in total. The number of anilines is 1. The third kappa shape index (κ3) is 2.98. The van der Waals surface area contributed by atoms with Gasteiger partial charge in [0.25, 0.3) is 5.69 Å². The lowest BCUT2D eigenvalue weighted by Gasteiger charge is -2.20. The predicted molar refractivity (Wildman–Crippen MR) is 66.5 cm³/mol. The fourth-order valence-corrected chi connectivity index (χ4v) is 1.64. The van der Waals surface area contributed by atoms with E-state index in [1.54, 1.807) is 19.1 Å². The van der Waals surface area contributed by atoms with Crippen LogP contribution in [0.2, 0.25) is 0 Å². The topological polar surface area (TPSA) is 83.7 Å². The van der Waals surface area contributed by atoms with Crippen LogP contribution in [0, 0.1) is 29.4 Å². The number of nitro benzene ring substituents is 1. The molecule has 1 rings (SSSR count). The van der Waals surface area contributed by atoms with E-state index < -0.39 is 10.9 Å². The lowest BCUT2D eigenvalue weighted by molar-refractivity contribution is -0.384. The third-order valence-corrected chi connectivity index (χ3v) is 2.35. The Morgan fingerprint density at radius 3 is 2.78 bits per heavy atom. The van der Waals surface area contributed by atoms with Crippen molar-refractivity contribution in [3.05, 3.63) is 33.9 Å². The largest absolute Gasteiger partial charge is 0.480 e. The van der Waals surface area contributed by atoms with Crippen molar-refractivity contribution < 1.29 is 14.8 Å². The Kier molecular flexibility index (Phi) is 4.27. The van der Waals surface area contributed by atoms with Crippen molar-refractivity contribution in [2.75, 3.05) is 18.0 Å². The molecule has 18 heavy (non-hydrogen) atoms. The molecule has 0 aliphatic carbocycles. The molecule has 1 aromatic carbocycles. The molecule has 0 bridgehead atoms. The summed E-state index contributed by atoms with van der Waals surface area (Å²) in [5.41, 5.74) is 0.569. The number of benzene rings is 1. The molecule has 0 atom stereocenters. The van der Waals surface area contributed by atoms with E-state index in [0.717, 1.165) is 0 Å². The Labute approximate surface area is 104 Å². The van der Waals surface area contributed by atoms with Gasteiger partial charge in [0.05, 0.1) is 11.5 Å². The molecule has 6 heteroatoms. The van der Waals surface area contributed by atoms with Crippen molar-refractivity contribution >= 4 is 17.3 Å². The Balaban J connectivity index is 3.27. The predicted octanol–water partition coefficient (Wildman–Crippen LogP) is 1.43. The minimum absolute atomic E-state index is 0.00338. The second kappa shape index (κ2) is 5.68. The summed E-state index contributed by atoms with van der Waals surface area (Å²) in [7, 11) is 0. The molecule has 0 saturated carbocycles. The fraction of sp³-hybridized carbons (Fsp3) is 0.250. The zero-order chi connectivity index (χ0) is 13.7. The van der Waals surface area contributed by atoms with Crippen LogP contribution >= 0.6 is 0 Å². The smallest absolute Gasteiger partial charge is 0.323 e. The molecule has 1 aromatic rings. The summed E-state index contributed by atoms with van der Waals surface area (Å²) in [5.74, 6) is 1.20. The van der Waals surface area contributed by atoms with Gasteiger partial charge in [0, 0.05) is 5.56 Å². The number of nitro groups is 1. The fourth-order valence-electron chi connectivity index (χ4n) is 1.64. The van der Waals surface area contributed by atoms with Crippen molar-refractivity contribution in [1.29, 1.82) is 0 Å².